The van der Waals surface area contributed by atoms with Gasteiger partial charge in [-0.3, -0.25) is 9.10 Å². The van der Waals surface area contributed by atoms with Crippen LogP contribution < -0.4 is 14.4 Å². The monoisotopic (exact) mass is 472 g/mol. The summed E-state index contributed by atoms with van der Waals surface area (Å²) in [5, 5.41) is 3.34. The molecule has 0 atom stereocenters. The van der Waals surface area contributed by atoms with E-state index in [-0.39, 0.29) is 24.0 Å². The number of nitrogens with one attached hydrogen (secondary N) is 1. The van der Waals surface area contributed by atoms with E-state index < -0.39 is 10.0 Å². The van der Waals surface area contributed by atoms with Crippen LogP contribution in [0.1, 0.15) is 18.1 Å². The summed E-state index contributed by atoms with van der Waals surface area (Å²) in [7, 11) is -3.68. The van der Waals surface area contributed by atoms with E-state index in [1.807, 2.05) is 13.8 Å². The fourth-order valence-electron chi connectivity index (χ4n) is 3.12. The maximum absolute atomic E-state index is 13.0. The van der Waals surface area contributed by atoms with Crippen molar-refractivity contribution in [3.63, 3.8) is 0 Å². The van der Waals surface area contributed by atoms with E-state index in [0.717, 1.165) is 11.1 Å². The number of amides is 1. The van der Waals surface area contributed by atoms with Gasteiger partial charge in [0, 0.05) is 17.3 Å². The minimum absolute atomic E-state index is 0.190. The lowest BCUT2D eigenvalue weighted by Gasteiger charge is -2.23. The second kappa shape index (κ2) is 10.1. The van der Waals surface area contributed by atoms with Crippen molar-refractivity contribution in [2.45, 2.75) is 25.7 Å². The molecule has 32 heavy (non-hydrogen) atoms. The zero-order chi connectivity index (χ0) is 23.3. The van der Waals surface area contributed by atoms with Crippen molar-refractivity contribution in [1.29, 1.82) is 0 Å². The fraction of sp³-hybridized carbons (Fsp3) is 0.208. The number of carbonyl (C=O) groups is 1. The topological polar surface area (TPSA) is 75.7 Å². The third-order valence-corrected chi connectivity index (χ3v) is 7.26. The molecule has 1 N–H and O–H groups in total. The van der Waals surface area contributed by atoms with Crippen molar-refractivity contribution in [3.8, 4) is 5.75 Å². The second-order valence-electron chi connectivity index (χ2n) is 7.23. The van der Waals surface area contributed by atoms with Crippen molar-refractivity contribution < 1.29 is 17.9 Å². The zero-order valence-electron chi connectivity index (χ0n) is 18.1. The van der Waals surface area contributed by atoms with Gasteiger partial charge in [0.2, 0.25) is 0 Å². The number of hydrogen-bond acceptors (Lipinski definition) is 4. The molecule has 0 saturated carbocycles. The van der Waals surface area contributed by atoms with Gasteiger partial charge in [-0.05, 0) is 74.9 Å². The number of hydrogen-bond donors (Lipinski definition) is 1. The first-order chi connectivity index (χ1) is 15.2. The number of rotatable bonds is 8. The number of carbonyl (C=O) groups excluding carboxylic acids is 1. The quantitative estimate of drug-likeness (QED) is 0.489. The van der Waals surface area contributed by atoms with Crippen LogP contribution in [-0.2, 0) is 14.8 Å². The molecule has 0 saturated heterocycles. The molecule has 0 aliphatic carbocycles. The van der Waals surface area contributed by atoms with Gasteiger partial charge in [-0.1, -0.05) is 35.4 Å². The highest BCUT2D eigenvalue weighted by Gasteiger charge is 2.23. The highest BCUT2D eigenvalue weighted by Crippen LogP contribution is 2.26. The molecule has 168 valence electrons. The molecule has 6 nitrogen and oxygen atoms in total. The average Bonchev–Trinajstić information content (AvgIpc) is 2.77. The molecule has 3 aromatic rings. The average molecular weight is 473 g/mol. The van der Waals surface area contributed by atoms with Gasteiger partial charge in [0.15, 0.2) is 6.61 Å². The molecule has 3 rings (SSSR count). The van der Waals surface area contributed by atoms with E-state index >= 15 is 0 Å². The molecule has 0 spiro atoms. The van der Waals surface area contributed by atoms with E-state index in [1.54, 1.807) is 73.7 Å². The van der Waals surface area contributed by atoms with Crippen LogP contribution in [0.15, 0.2) is 71.6 Å². The fourth-order valence-corrected chi connectivity index (χ4v) is 4.76. The Bertz CT molecular complexity index is 1190. The standard InChI is InChI=1S/C24H25ClN2O4S/c1-4-27(32(29,30)21-14-8-17(2)9-15-21)19-10-12-20(13-11-19)31-16-24(28)26-23-7-5-6-22(25)18(23)3/h5-15H,4,16H2,1-3H3,(H,26,28). The van der Waals surface area contributed by atoms with E-state index in [0.29, 0.717) is 22.1 Å². The van der Waals surface area contributed by atoms with Crippen LogP contribution in [0, 0.1) is 13.8 Å². The summed E-state index contributed by atoms with van der Waals surface area (Å²) in [6.07, 6.45) is 0. The van der Waals surface area contributed by atoms with E-state index in [2.05, 4.69) is 5.32 Å². The summed E-state index contributed by atoms with van der Waals surface area (Å²) >= 11 is 6.07. The number of nitrogens with zero attached hydrogens (tertiary/aromatic N) is 1. The molecule has 0 aliphatic rings. The molecular weight excluding hydrogens is 448 g/mol. The van der Waals surface area contributed by atoms with Crippen molar-refractivity contribution in [2.24, 2.45) is 0 Å². The summed E-state index contributed by atoms with van der Waals surface area (Å²) in [6.45, 7) is 5.59. The molecule has 0 aromatic heterocycles. The molecule has 8 heteroatoms. The Morgan fingerprint density at radius 2 is 1.66 bits per heavy atom. The van der Waals surface area contributed by atoms with Crippen LogP contribution in [-0.4, -0.2) is 27.5 Å². The molecule has 1 amide bonds. The van der Waals surface area contributed by atoms with E-state index in [1.165, 1.54) is 4.31 Å². The highest BCUT2D eigenvalue weighted by molar-refractivity contribution is 7.92. The van der Waals surface area contributed by atoms with Gasteiger partial charge >= 0.3 is 0 Å². The second-order valence-corrected chi connectivity index (χ2v) is 9.50. The van der Waals surface area contributed by atoms with Crippen molar-refractivity contribution in [3.05, 3.63) is 82.9 Å². The number of halogens is 1. The summed E-state index contributed by atoms with van der Waals surface area (Å²) in [4.78, 5) is 12.5. The van der Waals surface area contributed by atoms with Crippen LogP contribution in [0.2, 0.25) is 5.02 Å². The summed E-state index contributed by atoms with van der Waals surface area (Å²) in [5.74, 6) is 0.132. The lowest BCUT2D eigenvalue weighted by molar-refractivity contribution is -0.118. The molecule has 0 bridgehead atoms. The summed E-state index contributed by atoms with van der Waals surface area (Å²) < 4.78 is 32.9. The SMILES string of the molecule is CCN(c1ccc(OCC(=O)Nc2cccc(Cl)c2C)cc1)S(=O)(=O)c1ccc(C)cc1. The number of sulfonamides is 1. The Labute approximate surface area is 193 Å². The molecule has 0 radical (unpaired) electrons. The van der Waals surface area contributed by atoms with E-state index in [4.69, 9.17) is 16.3 Å². The van der Waals surface area contributed by atoms with Gasteiger partial charge in [-0.2, -0.15) is 0 Å². The Kier molecular flexibility index (Phi) is 7.43. The lowest BCUT2D eigenvalue weighted by atomic mass is 10.2. The third kappa shape index (κ3) is 5.41. The zero-order valence-corrected chi connectivity index (χ0v) is 19.7. The maximum atomic E-state index is 13.0. The summed E-state index contributed by atoms with van der Waals surface area (Å²) in [5.41, 5.74) is 2.91. The first-order valence-corrected chi connectivity index (χ1v) is 11.9. The normalized spacial score (nSPS) is 11.1. The van der Waals surface area contributed by atoms with Crippen molar-refractivity contribution in [2.75, 3.05) is 22.8 Å². The molecule has 0 unspecified atom stereocenters. The largest absolute Gasteiger partial charge is 0.484 e. The van der Waals surface area contributed by atoms with Gasteiger partial charge in [0.05, 0.1) is 10.6 Å². The van der Waals surface area contributed by atoms with Gasteiger partial charge in [-0.25, -0.2) is 8.42 Å². The predicted octanol–water partition coefficient (Wildman–Crippen LogP) is 5.19. The van der Waals surface area contributed by atoms with Gasteiger partial charge in [0.25, 0.3) is 15.9 Å². The highest BCUT2D eigenvalue weighted by atomic mass is 35.5. The molecule has 3 aromatic carbocycles. The Morgan fingerprint density at radius 3 is 2.28 bits per heavy atom. The number of ether oxygens (including phenoxy) is 1. The Morgan fingerprint density at radius 1 is 1.00 bits per heavy atom. The molecular formula is C24H25ClN2O4S. The third-order valence-electron chi connectivity index (χ3n) is 4.93. The van der Waals surface area contributed by atoms with Crippen LogP contribution in [0.5, 0.6) is 5.75 Å². The van der Waals surface area contributed by atoms with Gasteiger partial charge in [-0.15, -0.1) is 0 Å². The van der Waals surface area contributed by atoms with Crippen LogP contribution in [0.3, 0.4) is 0 Å². The summed E-state index contributed by atoms with van der Waals surface area (Å²) in [6, 6.07) is 18.6. The first kappa shape index (κ1) is 23.6. The van der Waals surface area contributed by atoms with Crippen molar-refractivity contribution in [1.82, 2.24) is 0 Å². The maximum Gasteiger partial charge on any atom is 0.264 e. The number of anilines is 2. The van der Waals surface area contributed by atoms with Crippen LogP contribution in [0.4, 0.5) is 11.4 Å². The van der Waals surface area contributed by atoms with E-state index in [9.17, 15) is 13.2 Å². The first-order valence-electron chi connectivity index (χ1n) is 10.1. The molecule has 0 fully saturated rings. The Hall–Kier alpha value is -3.03. The number of benzene rings is 3. The molecule has 0 aliphatic heterocycles. The van der Waals surface area contributed by atoms with Gasteiger partial charge < -0.3 is 10.1 Å². The Balaban J connectivity index is 1.66. The molecule has 0 heterocycles. The van der Waals surface area contributed by atoms with Crippen molar-refractivity contribution >= 4 is 38.9 Å². The smallest absolute Gasteiger partial charge is 0.264 e. The van der Waals surface area contributed by atoms with Crippen LogP contribution in [0.25, 0.3) is 0 Å². The lowest BCUT2D eigenvalue weighted by Crippen LogP contribution is -2.30. The minimum atomic E-state index is -3.68. The van der Waals surface area contributed by atoms with Gasteiger partial charge in [0.1, 0.15) is 5.75 Å². The predicted molar refractivity (Wildman–Crippen MR) is 128 cm³/mol. The van der Waals surface area contributed by atoms with Crippen LogP contribution >= 0.6 is 11.6 Å². The number of aryl methyl sites for hydroxylation is 1. The minimum Gasteiger partial charge on any atom is -0.484 e.